The number of nitrogens with zero attached hydrogens (tertiary/aromatic N) is 2. The number of carbonyl (C=O) groups is 1. The first-order valence-electron chi connectivity index (χ1n) is 16.8. The number of nitrogens with one attached hydrogen (secondary N) is 1. The molecule has 2 aliphatic carbocycles. The van der Waals surface area contributed by atoms with E-state index < -0.39 is 12.0 Å². The highest BCUT2D eigenvalue weighted by molar-refractivity contribution is 5.94. The lowest BCUT2D eigenvalue weighted by atomic mass is 9.82. The molecular weight excluding hydrogens is 574 g/mol. The molecule has 7 heteroatoms. The molecule has 1 amide bonds. The fourth-order valence-corrected chi connectivity index (χ4v) is 7.74. The zero-order valence-electron chi connectivity index (χ0n) is 26.0. The summed E-state index contributed by atoms with van der Waals surface area (Å²) < 4.78 is 5.72. The largest absolute Gasteiger partial charge is 0.464 e. The van der Waals surface area contributed by atoms with E-state index >= 15 is 0 Å². The van der Waals surface area contributed by atoms with Crippen LogP contribution in [0.3, 0.4) is 0 Å². The minimum Gasteiger partial charge on any atom is -0.464 e. The predicted octanol–water partition coefficient (Wildman–Crippen LogP) is 7.32. The summed E-state index contributed by atoms with van der Waals surface area (Å²) in [6, 6.07) is 24.2. The van der Waals surface area contributed by atoms with Gasteiger partial charge in [-0.05, 0) is 78.8 Å². The SMILES string of the molecule is O=C(C(O)c1cccc(-c2coc3ccccc23)c1)N1CCCc2nc(C3(c4cccc(C5CCCCC5)c4)CC3)[nH]c(=O)c2C1. The van der Waals surface area contributed by atoms with E-state index in [0.29, 0.717) is 36.4 Å². The van der Waals surface area contributed by atoms with Gasteiger partial charge in [0.1, 0.15) is 11.4 Å². The Kier molecular flexibility index (Phi) is 7.36. The third-order valence-corrected chi connectivity index (χ3v) is 10.6. The van der Waals surface area contributed by atoms with Gasteiger partial charge in [0.05, 0.1) is 29.5 Å². The van der Waals surface area contributed by atoms with Crippen molar-refractivity contribution in [2.75, 3.05) is 6.54 Å². The summed E-state index contributed by atoms with van der Waals surface area (Å²) in [6.45, 7) is 0.575. The van der Waals surface area contributed by atoms with Gasteiger partial charge in [0.2, 0.25) is 0 Å². The number of amides is 1. The highest BCUT2D eigenvalue weighted by Crippen LogP contribution is 2.52. The molecule has 1 atom stereocenters. The number of furan rings is 1. The van der Waals surface area contributed by atoms with Gasteiger partial charge in [-0.15, -0.1) is 0 Å². The lowest BCUT2D eigenvalue weighted by Gasteiger charge is -2.24. The fraction of sp³-hybridized carbons (Fsp3) is 0.359. The number of aliphatic hydroxyl groups is 1. The molecule has 0 spiro atoms. The van der Waals surface area contributed by atoms with Crippen LogP contribution in [0.15, 0.2) is 88.3 Å². The zero-order chi connectivity index (χ0) is 31.3. The number of rotatable bonds is 6. The molecule has 7 nitrogen and oxygen atoms in total. The number of H-pyrrole nitrogens is 1. The second-order valence-corrected chi connectivity index (χ2v) is 13.4. The van der Waals surface area contributed by atoms with Crippen molar-refractivity contribution in [3.63, 3.8) is 0 Å². The third-order valence-electron chi connectivity index (χ3n) is 10.6. The van der Waals surface area contributed by atoms with Crippen LogP contribution in [0.25, 0.3) is 22.1 Å². The standard InChI is InChI=1S/C39H39N3O4/c43-35(28-13-6-12-27(21-28)32-24-46-34-17-5-4-15-30(32)34)37(45)42-20-8-16-33-31(23-42)36(44)41-38(40-33)39(18-19-39)29-14-7-11-26(22-29)25-9-2-1-3-10-25/h4-7,11-15,17,21-22,24-25,35,43H,1-3,8-10,16,18-20,23H2,(H,40,41,44). The number of aliphatic hydroxyl groups excluding tert-OH is 1. The quantitative estimate of drug-likeness (QED) is 0.209. The molecule has 234 valence electrons. The van der Waals surface area contributed by atoms with Crippen LogP contribution < -0.4 is 5.56 Å². The summed E-state index contributed by atoms with van der Waals surface area (Å²) in [7, 11) is 0. The molecule has 3 aliphatic rings. The van der Waals surface area contributed by atoms with Crippen molar-refractivity contribution >= 4 is 16.9 Å². The van der Waals surface area contributed by atoms with Gasteiger partial charge in [-0.2, -0.15) is 0 Å². The van der Waals surface area contributed by atoms with Crippen LogP contribution in [0.4, 0.5) is 0 Å². The summed E-state index contributed by atoms with van der Waals surface area (Å²) in [4.78, 5) is 37.2. The Hall–Kier alpha value is -4.49. The molecule has 0 saturated heterocycles. The van der Waals surface area contributed by atoms with Gasteiger partial charge in [-0.3, -0.25) is 9.59 Å². The molecule has 2 saturated carbocycles. The molecule has 0 radical (unpaired) electrons. The van der Waals surface area contributed by atoms with Crippen LogP contribution in [0.2, 0.25) is 0 Å². The van der Waals surface area contributed by atoms with Crippen LogP contribution in [-0.4, -0.2) is 32.4 Å². The van der Waals surface area contributed by atoms with Gasteiger partial charge >= 0.3 is 0 Å². The van der Waals surface area contributed by atoms with Crippen LogP contribution in [0.1, 0.15) is 97.2 Å². The van der Waals surface area contributed by atoms with E-state index in [0.717, 1.165) is 46.5 Å². The number of aromatic amines is 1. The van der Waals surface area contributed by atoms with Crippen LogP contribution >= 0.6 is 0 Å². The average molecular weight is 614 g/mol. The van der Waals surface area contributed by atoms with Gasteiger partial charge < -0.3 is 19.4 Å². The Morgan fingerprint density at radius 3 is 2.65 bits per heavy atom. The summed E-state index contributed by atoms with van der Waals surface area (Å²) >= 11 is 0. The number of para-hydroxylation sites is 1. The Labute approximate surface area is 268 Å². The first kappa shape index (κ1) is 28.9. The van der Waals surface area contributed by atoms with E-state index in [2.05, 4.69) is 29.2 Å². The number of aryl methyl sites for hydroxylation is 1. The minimum atomic E-state index is -1.35. The maximum absolute atomic E-state index is 13.7. The molecule has 1 aliphatic heterocycles. The summed E-state index contributed by atoms with van der Waals surface area (Å²) in [5.41, 5.74) is 6.58. The number of hydrogen-bond acceptors (Lipinski definition) is 5. The van der Waals surface area contributed by atoms with Gasteiger partial charge in [0.15, 0.2) is 6.10 Å². The topological polar surface area (TPSA) is 99.4 Å². The molecule has 46 heavy (non-hydrogen) atoms. The summed E-state index contributed by atoms with van der Waals surface area (Å²) in [5.74, 6) is 0.958. The van der Waals surface area contributed by atoms with E-state index in [-0.39, 0.29) is 17.5 Å². The van der Waals surface area contributed by atoms with Crippen molar-refractivity contribution in [1.29, 1.82) is 0 Å². The average Bonchev–Trinajstić information content (AvgIpc) is 3.85. The van der Waals surface area contributed by atoms with Gasteiger partial charge in [-0.25, -0.2) is 4.98 Å². The van der Waals surface area contributed by atoms with Crippen LogP contribution in [-0.2, 0) is 23.2 Å². The first-order valence-corrected chi connectivity index (χ1v) is 16.8. The highest BCUT2D eigenvalue weighted by atomic mass is 16.3. The van der Waals surface area contributed by atoms with E-state index in [1.165, 1.54) is 43.2 Å². The smallest absolute Gasteiger partial charge is 0.256 e. The van der Waals surface area contributed by atoms with Crippen molar-refractivity contribution in [3.8, 4) is 11.1 Å². The molecule has 1 unspecified atom stereocenters. The molecule has 0 bridgehead atoms. The maximum Gasteiger partial charge on any atom is 0.256 e. The second kappa shape index (κ2) is 11.7. The number of aromatic nitrogens is 2. The highest BCUT2D eigenvalue weighted by Gasteiger charge is 2.49. The van der Waals surface area contributed by atoms with Crippen molar-refractivity contribution in [2.45, 2.75) is 81.8 Å². The first-order chi connectivity index (χ1) is 22.5. The Morgan fingerprint density at radius 1 is 0.978 bits per heavy atom. The zero-order valence-corrected chi connectivity index (χ0v) is 26.0. The summed E-state index contributed by atoms with van der Waals surface area (Å²) in [5, 5.41) is 12.2. The molecular formula is C39H39N3O4. The normalized spacial score (nSPS) is 18.6. The van der Waals surface area contributed by atoms with E-state index in [1.54, 1.807) is 17.2 Å². The molecule has 8 rings (SSSR count). The van der Waals surface area contributed by atoms with Gasteiger partial charge in [-0.1, -0.05) is 79.9 Å². The third kappa shape index (κ3) is 5.17. The number of benzene rings is 3. The van der Waals surface area contributed by atoms with Crippen LogP contribution in [0.5, 0.6) is 0 Å². The molecule has 2 N–H and O–H groups in total. The molecule has 2 aromatic heterocycles. The van der Waals surface area contributed by atoms with Gasteiger partial charge in [0, 0.05) is 17.5 Å². The van der Waals surface area contributed by atoms with Crippen molar-refractivity contribution in [1.82, 2.24) is 14.9 Å². The molecule has 3 heterocycles. The van der Waals surface area contributed by atoms with Crippen molar-refractivity contribution < 1.29 is 14.3 Å². The van der Waals surface area contributed by atoms with E-state index in [9.17, 15) is 14.7 Å². The van der Waals surface area contributed by atoms with Crippen LogP contribution in [0, 0.1) is 0 Å². The Morgan fingerprint density at radius 2 is 1.80 bits per heavy atom. The molecule has 5 aromatic rings. The monoisotopic (exact) mass is 613 g/mol. The minimum absolute atomic E-state index is 0.129. The van der Waals surface area contributed by atoms with Crippen molar-refractivity contribution in [2.24, 2.45) is 0 Å². The predicted molar refractivity (Wildman–Crippen MR) is 177 cm³/mol. The maximum atomic E-state index is 13.7. The van der Waals surface area contributed by atoms with Gasteiger partial charge in [0.25, 0.3) is 11.5 Å². The number of hydrogen-bond donors (Lipinski definition) is 2. The lowest BCUT2D eigenvalue weighted by Crippen LogP contribution is -2.36. The Balaban J connectivity index is 1.03. The lowest BCUT2D eigenvalue weighted by molar-refractivity contribution is -0.141. The van der Waals surface area contributed by atoms with E-state index in [4.69, 9.17) is 9.40 Å². The second-order valence-electron chi connectivity index (χ2n) is 13.4. The molecule has 3 aromatic carbocycles. The fourth-order valence-electron chi connectivity index (χ4n) is 7.74. The van der Waals surface area contributed by atoms with E-state index in [1.807, 2.05) is 42.5 Å². The Bertz CT molecular complexity index is 1980. The number of carbonyl (C=O) groups excluding carboxylic acids is 1. The summed E-state index contributed by atoms with van der Waals surface area (Å²) in [6.07, 6.45) is 10.0. The number of fused-ring (bicyclic) bond motifs is 2. The molecule has 2 fully saturated rings. The van der Waals surface area contributed by atoms with Crippen molar-refractivity contribution in [3.05, 3.63) is 123 Å².